The van der Waals surface area contributed by atoms with Gasteiger partial charge in [-0.15, -0.1) is 0 Å². The van der Waals surface area contributed by atoms with Crippen molar-refractivity contribution in [3.05, 3.63) is 54.1 Å². The number of nitrogens with one attached hydrogen (secondary N) is 1. The van der Waals surface area contributed by atoms with Crippen molar-refractivity contribution in [2.24, 2.45) is 0 Å². The van der Waals surface area contributed by atoms with E-state index in [0.29, 0.717) is 18.5 Å². The van der Waals surface area contributed by atoms with Crippen molar-refractivity contribution in [1.29, 1.82) is 5.26 Å². The van der Waals surface area contributed by atoms with Crippen molar-refractivity contribution in [2.45, 2.75) is 62.7 Å². The van der Waals surface area contributed by atoms with Crippen LogP contribution in [0.3, 0.4) is 0 Å². The molecule has 1 aliphatic heterocycles. The van der Waals surface area contributed by atoms with Crippen LogP contribution >= 0.6 is 7.14 Å². The first-order valence-electron chi connectivity index (χ1n) is 12.7. The summed E-state index contributed by atoms with van der Waals surface area (Å²) in [4.78, 5) is 27.1. The minimum atomic E-state index is -3.15. The molecule has 2 amide bonds. The Labute approximate surface area is 224 Å². The molecule has 0 radical (unpaired) electrons. The second-order valence-corrected chi connectivity index (χ2v) is 14.6. The molecule has 10 heteroatoms. The highest BCUT2D eigenvalue weighted by Crippen LogP contribution is 2.59. The molecule has 4 atom stereocenters. The van der Waals surface area contributed by atoms with Gasteiger partial charge in [-0.25, -0.2) is 9.18 Å². The first-order valence-corrected chi connectivity index (χ1v) is 15.3. The molecule has 1 heterocycles. The summed E-state index contributed by atoms with van der Waals surface area (Å²) in [6.07, 6.45) is 1.87. The molecule has 2 aliphatic rings. The third-order valence-corrected chi connectivity index (χ3v) is 9.27. The number of alkyl halides is 1. The van der Waals surface area contributed by atoms with E-state index >= 15 is 4.39 Å². The average Bonchev–Trinajstić information content (AvgIpc) is 3.10. The summed E-state index contributed by atoms with van der Waals surface area (Å²) < 4.78 is 40.4. The number of carbonyl (C=O) groups excluding carboxylic acids is 2. The normalized spacial score (nSPS) is 25.0. The molecule has 1 saturated heterocycles. The maximum absolute atomic E-state index is 15.8. The molecule has 206 valence electrons. The van der Waals surface area contributed by atoms with Crippen molar-refractivity contribution in [3.8, 4) is 6.07 Å². The highest BCUT2D eigenvalue weighted by atomic mass is 31.2. The Bertz CT molecular complexity index is 1170. The van der Waals surface area contributed by atoms with Gasteiger partial charge in [0.25, 0.3) is 5.91 Å². The number of rotatable bonds is 6. The van der Waals surface area contributed by atoms with E-state index in [1.54, 1.807) is 32.9 Å². The number of carbonyl (C=O) groups is 2. The molecule has 1 aromatic rings. The van der Waals surface area contributed by atoms with Crippen LogP contribution in [0.2, 0.25) is 0 Å². The Balaban J connectivity index is 1.76. The first kappa shape index (κ1) is 29.6. The second kappa shape index (κ2) is 11.8. The minimum Gasteiger partial charge on any atom is -0.444 e. The van der Waals surface area contributed by atoms with Crippen LogP contribution in [0, 0.1) is 11.3 Å². The van der Waals surface area contributed by atoms with Gasteiger partial charge in [-0.1, -0.05) is 42.5 Å². The molecule has 1 aromatic carbocycles. The molecule has 1 fully saturated rings. The molecular formula is C28H37FN3O5P. The number of nitrogens with zero attached hydrogens (tertiary/aromatic N) is 2. The summed E-state index contributed by atoms with van der Waals surface area (Å²) in [5.41, 5.74) is 0.794. The summed E-state index contributed by atoms with van der Waals surface area (Å²) in [6, 6.07) is 10.2. The maximum Gasteiger partial charge on any atom is 0.410 e. The lowest BCUT2D eigenvalue weighted by Gasteiger charge is -2.40. The van der Waals surface area contributed by atoms with Crippen LogP contribution < -0.4 is 5.32 Å². The summed E-state index contributed by atoms with van der Waals surface area (Å²) in [6.45, 7) is 8.83. The molecule has 0 bridgehead atoms. The summed E-state index contributed by atoms with van der Waals surface area (Å²) in [5.74, 6) is -0.597. The van der Waals surface area contributed by atoms with Crippen molar-refractivity contribution in [1.82, 2.24) is 10.2 Å². The van der Waals surface area contributed by atoms with E-state index in [1.165, 1.54) is 24.3 Å². The number of benzene rings is 1. The van der Waals surface area contributed by atoms with Crippen molar-refractivity contribution in [2.75, 3.05) is 33.0 Å². The average molecular weight is 546 g/mol. The lowest BCUT2D eigenvalue weighted by Crippen LogP contribution is -2.51. The Morgan fingerprint density at radius 1 is 1.32 bits per heavy atom. The van der Waals surface area contributed by atoms with Gasteiger partial charge in [0.15, 0.2) is 6.10 Å². The summed E-state index contributed by atoms with van der Waals surface area (Å²) >= 11 is 0. The van der Waals surface area contributed by atoms with E-state index in [4.69, 9.17) is 9.47 Å². The Kier molecular flexibility index (Phi) is 9.22. The summed E-state index contributed by atoms with van der Waals surface area (Å²) in [5, 5.41) is 11.0. The standard InChI is InChI=1S/C28H37FN3O5P/c1-27(2,3)37-26(34)32-14-9-15-36-23(19-32)25(33)31-22(18-30)17-28(38(4,5)35)13-12-21(16-24(28)29)20-10-7-6-8-11-20/h6-8,10-13,16,22-24H,9,14-15,17,19H2,1-5H3,(H,31,33)/t22?,23-,24?,28?/m0/s1. The Hall–Kier alpha value is -2.95. The van der Waals surface area contributed by atoms with Gasteiger partial charge < -0.3 is 24.3 Å². The van der Waals surface area contributed by atoms with Gasteiger partial charge in [-0.2, -0.15) is 5.26 Å². The molecule has 1 aliphatic carbocycles. The quantitative estimate of drug-likeness (QED) is 0.516. The van der Waals surface area contributed by atoms with E-state index in [0.717, 1.165) is 5.56 Å². The van der Waals surface area contributed by atoms with Crippen LogP contribution in [-0.2, 0) is 18.8 Å². The molecule has 3 rings (SSSR count). The maximum atomic E-state index is 15.8. The minimum absolute atomic E-state index is 0.0428. The van der Waals surface area contributed by atoms with Crippen LogP contribution in [0.1, 0.15) is 39.2 Å². The molecule has 8 nitrogen and oxygen atoms in total. The first-order chi connectivity index (χ1) is 17.8. The lowest BCUT2D eigenvalue weighted by molar-refractivity contribution is -0.133. The molecule has 0 spiro atoms. The van der Waals surface area contributed by atoms with Crippen LogP contribution in [0.4, 0.5) is 9.18 Å². The second-order valence-electron chi connectivity index (χ2n) is 11.1. The van der Waals surface area contributed by atoms with E-state index in [9.17, 15) is 19.4 Å². The molecule has 3 unspecified atom stereocenters. The monoisotopic (exact) mass is 545 g/mol. The molecular weight excluding hydrogens is 508 g/mol. The van der Waals surface area contributed by atoms with Crippen LogP contribution in [-0.4, -0.2) is 79.0 Å². The van der Waals surface area contributed by atoms with Gasteiger partial charge in [0.05, 0.1) is 24.9 Å². The zero-order valence-corrected chi connectivity index (χ0v) is 23.5. The topological polar surface area (TPSA) is 109 Å². The lowest BCUT2D eigenvalue weighted by atomic mass is 9.86. The predicted molar refractivity (Wildman–Crippen MR) is 145 cm³/mol. The smallest absolute Gasteiger partial charge is 0.410 e. The van der Waals surface area contributed by atoms with Gasteiger partial charge in [0.2, 0.25) is 0 Å². The molecule has 0 aromatic heterocycles. The zero-order valence-electron chi connectivity index (χ0n) is 22.6. The summed E-state index contributed by atoms with van der Waals surface area (Å²) in [7, 11) is -3.15. The number of nitriles is 1. The van der Waals surface area contributed by atoms with Crippen molar-refractivity contribution >= 4 is 24.7 Å². The van der Waals surface area contributed by atoms with Gasteiger partial charge in [0, 0.05) is 19.6 Å². The molecule has 0 saturated carbocycles. The SMILES string of the molecule is CC(C)(C)OC(=O)N1CCCO[C@H](C(=O)NC(C#N)CC2(P(C)(C)=O)C=CC(c3ccccc3)=CC2F)C1. The van der Waals surface area contributed by atoms with E-state index < -0.39 is 48.2 Å². The number of amides is 2. The van der Waals surface area contributed by atoms with Crippen LogP contribution in [0.15, 0.2) is 48.6 Å². The van der Waals surface area contributed by atoms with E-state index in [1.807, 2.05) is 36.4 Å². The number of hydrogen-bond acceptors (Lipinski definition) is 6. The van der Waals surface area contributed by atoms with Crippen molar-refractivity contribution in [3.63, 3.8) is 0 Å². The fourth-order valence-corrected chi connectivity index (χ4v) is 6.30. The predicted octanol–water partition coefficient (Wildman–Crippen LogP) is 4.76. The van der Waals surface area contributed by atoms with Gasteiger partial charge in [-0.3, -0.25) is 4.79 Å². The van der Waals surface area contributed by atoms with Crippen LogP contribution in [0.5, 0.6) is 0 Å². The highest BCUT2D eigenvalue weighted by Gasteiger charge is 2.49. The van der Waals surface area contributed by atoms with Gasteiger partial charge in [-0.05, 0) is 57.7 Å². The Morgan fingerprint density at radius 3 is 2.58 bits per heavy atom. The number of hydrogen-bond donors (Lipinski definition) is 1. The van der Waals surface area contributed by atoms with Gasteiger partial charge in [0.1, 0.15) is 17.8 Å². The molecule has 1 N–H and O–H groups in total. The zero-order chi connectivity index (χ0) is 28.1. The van der Waals surface area contributed by atoms with Crippen molar-refractivity contribution < 1.29 is 28.0 Å². The van der Waals surface area contributed by atoms with Crippen LogP contribution in [0.25, 0.3) is 5.57 Å². The highest BCUT2D eigenvalue weighted by molar-refractivity contribution is 7.64. The van der Waals surface area contributed by atoms with E-state index in [-0.39, 0.29) is 19.6 Å². The molecule has 38 heavy (non-hydrogen) atoms. The number of allylic oxidation sites excluding steroid dienone is 4. The third kappa shape index (κ3) is 7.12. The third-order valence-electron chi connectivity index (χ3n) is 6.69. The fraction of sp³-hybridized carbons (Fsp3) is 0.536. The fourth-order valence-electron chi connectivity index (χ4n) is 4.58. The van der Waals surface area contributed by atoms with Gasteiger partial charge >= 0.3 is 6.09 Å². The van der Waals surface area contributed by atoms with E-state index in [2.05, 4.69) is 5.32 Å². The number of ether oxygens (including phenoxy) is 2. The largest absolute Gasteiger partial charge is 0.444 e. The Morgan fingerprint density at radius 2 is 2.00 bits per heavy atom. The number of halogens is 1.